The number of anilines is 2. The highest BCUT2D eigenvalue weighted by molar-refractivity contribution is 7.92. The van der Waals surface area contributed by atoms with Gasteiger partial charge in [0.05, 0.1) is 12.8 Å². The lowest BCUT2D eigenvalue weighted by molar-refractivity contribution is -0.275. The molecular formula is C19H16F4N4O5S. The average Bonchev–Trinajstić information content (AvgIpc) is 3.15. The number of sulfonamides is 1. The molecule has 14 heteroatoms. The zero-order valence-electron chi connectivity index (χ0n) is 17.0. The molecule has 0 aliphatic rings. The molecule has 3 rings (SSSR count). The van der Waals surface area contributed by atoms with E-state index in [-0.39, 0.29) is 27.7 Å². The van der Waals surface area contributed by atoms with Gasteiger partial charge in [-0.1, -0.05) is 0 Å². The van der Waals surface area contributed by atoms with Gasteiger partial charge in [0, 0.05) is 31.1 Å². The molecule has 1 heterocycles. The number of amides is 1. The fraction of sp³-hybridized carbons (Fsp3) is 0.158. The Kier molecular flexibility index (Phi) is 6.48. The van der Waals surface area contributed by atoms with Crippen molar-refractivity contribution in [2.75, 3.05) is 17.1 Å². The minimum absolute atomic E-state index is 0.167. The summed E-state index contributed by atoms with van der Waals surface area (Å²) in [6.07, 6.45) is -3.74. The van der Waals surface area contributed by atoms with Gasteiger partial charge in [-0.15, -0.1) is 13.2 Å². The smallest absolute Gasteiger partial charge is 0.495 e. The Morgan fingerprint density at radius 3 is 2.33 bits per heavy atom. The second-order valence-electron chi connectivity index (χ2n) is 6.46. The second kappa shape index (κ2) is 8.97. The molecule has 0 fully saturated rings. The van der Waals surface area contributed by atoms with Gasteiger partial charge in [-0.3, -0.25) is 14.2 Å². The standard InChI is InChI=1S/C19H16F4N4O5S/c1-27-14(7-8-24-27)18(28)25-11-4-6-17(16(9-11)31-2)33(29,30)26-12-3-5-13(20)15(10-12)32-19(21,22)23/h3-10,26H,1-2H3,(H,25,28). The molecule has 2 aromatic carbocycles. The van der Waals surface area contributed by atoms with E-state index in [1.54, 1.807) is 7.05 Å². The lowest BCUT2D eigenvalue weighted by Gasteiger charge is -2.15. The molecule has 0 radical (unpaired) electrons. The van der Waals surface area contributed by atoms with E-state index in [4.69, 9.17) is 4.74 Å². The van der Waals surface area contributed by atoms with Gasteiger partial charge in [-0.05, 0) is 30.3 Å². The van der Waals surface area contributed by atoms with Crippen molar-refractivity contribution < 1.29 is 40.2 Å². The third-order valence-electron chi connectivity index (χ3n) is 4.17. The van der Waals surface area contributed by atoms with Crippen molar-refractivity contribution in [3.05, 3.63) is 60.2 Å². The highest BCUT2D eigenvalue weighted by Gasteiger charge is 2.32. The Bertz CT molecular complexity index is 1290. The predicted molar refractivity (Wildman–Crippen MR) is 108 cm³/mol. The lowest BCUT2D eigenvalue weighted by Crippen LogP contribution is -2.19. The number of aromatic nitrogens is 2. The van der Waals surface area contributed by atoms with E-state index in [0.717, 1.165) is 12.1 Å². The molecule has 33 heavy (non-hydrogen) atoms. The summed E-state index contributed by atoms with van der Waals surface area (Å²) in [6.45, 7) is 0. The van der Waals surface area contributed by atoms with Crippen molar-refractivity contribution in [3.63, 3.8) is 0 Å². The lowest BCUT2D eigenvalue weighted by atomic mass is 10.3. The SMILES string of the molecule is COc1cc(NC(=O)c2ccnn2C)ccc1S(=O)(=O)Nc1ccc(F)c(OC(F)(F)F)c1. The molecule has 0 bridgehead atoms. The minimum Gasteiger partial charge on any atom is -0.495 e. The molecule has 3 aromatic rings. The van der Waals surface area contributed by atoms with Crippen molar-refractivity contribution in [1.82, 2.24) is 9.78 Å². The molecule has 0 saturated heterocycles. The molecule has 0 spiro atoms. The van der Waals surface area contributed by atoms with Crippen LogP contribution in [0.25, 0.3) is 0 Å². The van der Waals surface area contributed by atoms with Gasteiger partial charge in [-0.25, -0.2) is 12.8 Å². The topological polar surface area (TPSA) is 112 Å². The molecule has 1 aromatic heterocycles. The third-order valence-corrected chi connectivity index (χ3v) is 5.59. The summed E-state index contributed by atoms with van der Waals surface area (Å²) in [7, 11) is -1.63. The van der Waals surface area contributed by atoms with Crippen LogP contribution in [0.1, 0.15) is 10.5 Å². The van der Waals surface area contributed by atoms with Crippen molar-refractivity contribution in [1.29, 1.82) is 0 Å². The van der Waals surface area contributed by atoms with Crippen molar-refractivity contribution in [2.45, 2.75) is 11.3 Å². The molecule has 0 saturated carbocycles. The maximum absolute atomic E-state index is 13.6. The summed E-state index contributed by atoms with van der Waals surface area (Å²) in [5.41, 5.74) is 0.0754. The average molecular weight is 488 g/mol. The Morgan fingerprint density at radius 2 is 1.73 bits per heavy atom. The van der Waals surface area contributed by atoms with Crippen LogP contribution in [-0.2, 0) is 17.1 Å². The van der Waals surface area contributed by atoms with E-state index in [9.17, 15) is 30.8 Å². The number of carbonyl (C=O) groups is 1. The summed E-state index contributed by atoms with van der Waals surface area (Å²) in [6, 6.07) is 7.22. The summed E-state index contributed by atoms with van der Waals surface area (Å²) >= 11 is 0. The quantitative estimate of drug-likeness (QED) is 0.493. The predicted octanol–water partition coefficient (Wildman–Crippen LogP) is 3.52. The first kappa shape index (κ1) is 23.8. The Hall–Kier alpha value is -3.81. The number of rotatable bonds is 7. The molecule has 2 N–H and O–H groups in total. The van der Waals surface area contributed by atoms with E-state index in [1.807, 2.05) is 4.72 Å². The van der Waals surface area contributed by atoms with Gasteiger partial charge in [0.2, 0.25) is 0 Å². The van der Waals surface area contributed by atoms with Crippen molar-refractivity contribution in [2.24, 2.45) is 7.05 Å². The highest BCUT2D eigenvalue weighted by atomic mass is 32.2. The fourth-order valence-electron chi connectivity index (χ4n) is 2.74. The van der Waals surface area contributed by atoms with Gasteiger partial charge in [-0.2, -0.15) is 5.10 Å². The summed E-state index contributed by atoms with van der Waals surface area (Å²) < 4.78 is 88.4. The molecule has 0 aliphatic carbocycles. The number of alkyl halides is 3. The van der Waals surface area contributed by atoms with Gasteiger partial charge in [0.1, 0.15) is 16.3 Å². The summed E-state index contributed by atoms with van der Waals surface area (Å²) in [5.74, 6) is -3.21. The minimum atomic E-state index is -5.17. The Labute approximate surface area is 185 Å². The molecule has 0 unspecified atom stereocenters. The summed E-state index contributed by atoms with van der Waals surface area (Å²) in [4.78, 5) is 11.9. The molecule has 0 atom stereocenters. The van der Waals surface area contributed by atoms with Crippen LogP contribution in [0.15, 0.2) is 53.6 Å². The van der Waals surface area contributed by atoms with Gasteiger partial charge < -0.3 is 14.8 Å². The normalized spacial score (nSPS) is 11.7. The fourth-order valence-corrected chi connectivity index (χ4v) is 3.94. The first-order valence-electron chi connectivity index (χ1n) is 8.95. The van der Waals surface area contributed by atoms with Gasteiger partial charge >= 0.3 is 6.36 Å². The maximum atomic E-state index is 13.6. The van der Waals surface area contributed by atoms with E-state index in [2.05, 4.69) is 15.2 Å². The number of ether oxygens (including phenoxy) is 2. The first-order chi connectivity index (χ1) is 15.4. The molecular weight excluding hydrogens is 472 g/mol. The van der Waals surface area contributed by atoms with Crippen LogP contribution in [0.3, 0.4) is 0 Å². The molecule has 176 valence electrons. The van der Waals surface area contributed by atoms with Crippen molar-refractivity contribution in [3.8, 4) is 11.5 Å². The van der Waals surface area contributed by atoms with Gasteiger partial charge in [0.15, 0.2) is 11.6 Å². The largest absolute Gasteiger partial charge is 0.573 e. The Balaban J connectivity index is 1.85. The van der Waals surface area contributed by atoms with Crippen LogP contribution in [0.4, 0.5) is 28.9 Å². The number of methoxy groups -OCH3 is 1. The zero-order valence-corrected chi connectivity index (χ0v) is 17.8. The monoisotopic (exact) mass is 488 g/mol. The number of hydrogen-bond acceptors (Lipinski definition) is 6. The van der Waals surface area contributed by atoms with Crippen LogP contribution >= 0.6 is 0 Å². The number of halogens is 4. The number of benzene rings is 2. The summed E-state index contributed by atoms with van der Waals surface area (Å²) in [5, 5.41) is 6.44. The number of carbonyl (C=O) groups excluding carboxylic acids is 1. The zero-order chi connectivity index (χ0) is 24.4. The highest BCUT2D eigenvalue weighted by Crippen LogP contribution is 2.32. The number of aryl methyl sites for hydroxylation is 1. The molecule has 9 nitrogen and oxygen atoms in total. The number of nitrogens with zero attached hydrogens (tertiary/aromatic N) is 2. The number of nitrogens with one attached hydrogen (secondary N) is 2. The van der Waals surface area contributed by atoms with Crippen LogP contribution in [0.5, 0.6) is 11.5 Å². The van der Waals surface area contributed by atoms with E-state index < -0.39 is 33.9 Å². The third kappa shape index (κ3) is 5.71. The van der Waals surface area contributed by atoms with Crippen LogP contribution in [0.2, 0.25) is 0 Å². The van der Waals surface area contributed by atoms with Crippen LogP contribution in [0, 0.1) is 5.82 Å². The van der Waals surface area contributed by atoms with Crippen molar-refractivity contribution >= 4 is 27.3 Å². The molecule has 0 aliphatic heterocycles. The maximum Gasteiger partial charge on any atom is 0.573 e. The Morgan fingerprint density at radius 1 is 1.06 bits per heavy atom. The second-order valence-corrected chi connectivity index (χ2v) is 8.11. The van der Waals surface area contributed by atoms with E-state index in [1.165, 1.54) is 36.2 Å². The number of hydrogen-bond donors (Lipinski definition) is 2. The van der Waals surface area contributed by atoms with E-state index in [0.29, 0.717) is 12.1 Å². The van der Waals surface area contributed by atoms with Crippen LogP contribution in [-0.4, -0.2) is 37.6 Å². The molecule has 1 amide bonds. The van der Waals surface area contributed by atoms with Gasteiger partial charge in [0.25, 0.3) is 15.9 Å². The van der Waals surface area contributed by atoms with Crippen LogP contribution < -0.4 is 19.5 Å². The van der Waals surface area contributed by atoms with E-state index >= 15 is 0 Å². The first-order valence-corrected chi connectivity index (χ1v) is 10.4.